The molecule has 0 aromatic heterocycles. The Morgan fingerprint density at radius 3 is 2.14 bits per heavy atom. The molecule has 0 bridgehead atoms. The summed E-state index contributed by atoms with van der Waals surface area (Å²) in [4.78, 5) is 9.82. The first-order chi connectivity index (χ1) is 2.77. The molecule has 0 fully saturated rings. The summed E-state index contributed by atoms with van der Waals surface area (Å²) >= 11 is 0. The minimum absolute atomic E-state index is 0. The zero-order valence-electron chi connectivity index (χ0n) is 4.43. The van der Waals surface area contributed by atoms with Gasteiger partial charge < -0.3 is 4.74 Å². The van der Waals surface area contributed by atoms with E-state index in [-0.39, 0.29) is 23.3 Å². The molecule has 0 aliphatic carbocycles. The van der Waals surface area contributed by atoms with Gasteiger partial charge in [-0.05, 0) is 6.92 Å². The van der Waals surface area contributed by atoms with E-state index in [1.807, 2.05) is 0 Å². The first-order valence-corrected chi connectivity index (χ1v) is 1.90. The van der Waals surface area contributed by atoms with Crippen molar-refractivity contribution in [2.24, 2.45) is 0 Å². The Labute approximate surface area is 54.0 Å². The normalized spacial score (nSPS) is 6.57. The van der Waals surface area contributed by atoms with Crippen LogP contribution < -0.4 is 0 Å². The summed E-state index contributed by atoms with van der Waals surface area (Å²) < 4.78 is 4.40. The molecule has 0 aliphatic heterocycles. The third-order valence-electron chi connectivity index (χ3n) is 0.348. The predicted octanol–water partition coefficient (Wildman–Crippen LogP) is 0.567. The molecular formula is C4H8CrO2. The van der Waals surface area contributed by atoms with Gasteiger partial charge in [-0.3, -0.25) is 4.79 Å². The minimum atomic E-state index is -0.211. The van der Waals surface area contributed by atoms with Crippen LogP contribution in [0, 0.1) is 0 Å². The molecule has 0 aromatic rings. The average Bonchev–Trinajstić information content (AvgIpc) is 1.35. The second-order valence-electron chi connectivity index (χ2n) is 0.925. The van der Waals surface area contributed by atoms with Crippen molar-refractivity contribution < 1.29 is 26.9 Å². The van der Waals surface area contributed by atoms with Crippen LogP contribution in [-0.4, -0.2) is 12.6 Å². The molecule has 0 N–H and O–H groups in total. The van der Waals surface area contributed by atoms with Gasteiger partial charge in [-0.2, -0.15) is 0 Å². The van der Waals surface area contributed by atoms with Crippen LogP contribution in [-0.2, 0) is 26.9 Å². The van der Waals surface area contributed by atoms with E-state index < -0.39 is 0 Å². The number of hydrogen-bond acceptors (Lipinski definition) is 2. The van der Waals surface area contributed by atoms with Gasteiger partial charge in [-0.1, -0.05) is 0 Å². The van der Waals surface area contributed by atoms with E-state index in [9.17, 15) is 4.79 Å². The summed E-state index contributed by atoms with van der Waals surface area (Å²) in [6.45, 7) is 3.65. The standard InChI is InChI=1S/C4H8O2.Cr/c1-3-6-4(2)5;/h3H2,1-2H3;. The third kappa shape index (κ3) is 10.7. The van der Waals surface area contributed by atoms with Gasteiger partial charge >= 0.3 is 5.97 Å². The Balaban J connectivity index is 0. The zero-order valence-corrected chi connectivity index (χ0v) is 5.71. The number of ether oxygens (including phenoxy) is 1. The first-order valence-electron chi connectivity index (χ1n) is 1.90. The summed E-state index contributed by atoms with van der Waals surface area (Å²) in [6.07, 6.45) is 0. The average molecular weight is 140 g/mol. The number of carbonyl (C=O) groups is 1. The van der Waals surface area contributed by atoms with Crippen molar-refractivity contribution in [3.8, 4) is 0 Å². The van der Waals surface area contributed by atoms with Gasteiger partial charge in [0.25, 0.3) is 0 Å². The number of carbonyl (C=O) groups excluding carboxylic acids is 1. The van der Waals surface area contributed by atoms with Crippen molar-refractivity contribution in [1.29, 1.82) is 0 Å². The van der Waals surface area contributed by atoms with Crippen molar-refractivity contribution in [1.82, 2.24) is 0 Å². The van der Waals surface area contributed by atoms with E-state index in [1.165, 1.54) is 6.92 Å². The summed E-state index contributed by atoms with van der Waals surface area (Å²) in [5.41, 5.74) is 0. The third-order valence-corrected chi connectivity index (χ3v) is 0.348. The van der Waals surface area contributed by atoms with Gasteiger partial charge in [0.15, 0.2) is 0 Å². The van der Waals surface area contributed by atoms with Crippen LogP contribution in [0.25, 0.3) is 0 Å². The number of hydrogen-bond donors (Lipinski definition) is 0. The van der Waals surface area contributed by atoms with Gasteiger partial charge in [-0.25, -0.2) is 0 Å². The fourth-order valence-electron chi connectivity index (χ4n) is 0.203. The Bertz CT molecular complexity index is 53.7. The van der Waals surface area contributed by atoms with Crippen LogP contribution in [0.5, 0.6) is 0 Å². The molecule has 42 valence electrons. The Hall–Kier alpha value is 0.00247. The van der Waals surface area contributed by atoms with Crippen LogP contribution in [0.15, 0.2) is 0 Å². The van der Waals surface area contributed by atoms with Gasteiger partial charge in [-0.15, -0.1) is 0 Å². The smallest absolute Gasteiger partial charge is 0.302 e. The fourth-order valence-corrected chi connectivity index (χ4v) is 0.203. The summed E-state index contributed by atoms with van der Waals surface area (Å²) in [5, 5.41) is 0. The van der Waals surface area contributed by atoms with Crippen LogP contribution in [0.2, 0.25) is 0 Å². The Kier molecular flexibility index (Phi) is 8.65. The molecule has 0 rings (SSSR count). The van der Waals surface area contributed by atoms with Crippen molar-refractivity contribution >= 4 is 5.97 Å². The molecule has 3 heteroatoms. The molecule has 0 radical (unpaired) electrons. The molecule has 0 amide bonds. The quantitative estimate of drug-likeness (QED) is 0.497. The SMILES string of the molecule is CCOC(C)=O.[Cr]. The van der Waals surface area contributed by atoms with Crippen LogP contribution in [0.3, 0.4) is 0 Å². The maximum Gasteiger partial charge on any atom is 0.302 e. The molecule has 0 heterocycles. The van der Waals surface area contributed by atoms with Crippen molar-refractivity contribution in [3.05, 3.63) is 0 Å². The topological polar surface area (TPSA) is 26.3 Å². The van der Waals surface area contributed by atoms with Gasteiger partial charge in [0, 0.05) is 24.3 Å². The van der Waals surface area contributed by atoms with Gasteiger partial charge in [0.1, 0.15) is 0 Å². The summed E-state index contributed by atoms with van der Waals surface area (Å²) in [7, 11) is 0. The Morgan fingerprint density at radius 1 is 1.71 bits per heavy atom. The fraction of sp³-hybridized carbons (Fsp3) is 0.750. The maximum absolute atomic E-state index is 9.82. The van der Waals surface area contributed by atoms with Crippen LogP contribution in [0.4, 0.5) is 0 Å². The zero-order chi connectivity index (χ0) is 4.99. The van der Waals surface area contributed by atoms with E-state index in [4.69, 9.17) is 0 Å². The van der Waals surface area contributed by atoms with E-state index in [0.29, 0.717) is 6.61 Å². The largest absolute Gasteiger partial charge is 0.466 e. The summed E-state index contributed by atoms with van der Waals surface area (Å²) in [5.74, 6) is -0.211. The van der Waals surface area contributed by atoms with Crippen molar-refractivity contribution in [2.45, 2.75) is 13.8 Å². The molecule has 0 atom stereocenters. The predicted molar refractivity (Wildman–Crippen MR) is 22.3 cm³/mol. The second-order valence-corrected chi connectivity index (χ2v) is 0.925. The second kappa shape index (κ2) is 6.00. The maximum atomic E-state index is 9.82. The molecule has 7 heavy (non-hydrogen) atoms. The van der Waals surface area contributed by atoms with Crippen molar-refractivity contribution in [3.63, 3.8) is 0 Å². The number of rotatable bonds is 1. The molecule has 2 nitrogen and oxygen atoms in total. The van der Waals surface area contributed by atoms with Crippen LogP contribution >= 0.6 is 0 Å². The van der Waals surface area contributed by atoms with Crippen LogP contribution in [0.1, 0.15) is 13.8 Å². The molecule has 0 aliphatic rings. The van der Waals surface area contributed by atoms with E-state index in [1.54, 1.807) is 6.92 Å². The minimum Gasteiger partial charge on any atom is -0.466 e. The van der Waals surface area contributed by atoms with E-state index >= 15 is 0 Å². The molecule has 0 saturated carbocycles. The monoisotopic (exact) mass is 140 g/mol. The Morgan fingerprint density at radius 2 is 2.14 bits per heavy atom. The molecule has 0 spiro atoms. The van der Waals surface area contributed by atoms with Gasteiger partial charge in [0.2, 0.25) is 0 Å². The summed E-state index contributed by atoms with van der Waals surface area (Å²) in [6, 6.07) is 0. The number of esters is 1. The first kappa shape index (κ1) is 10.1. The van der Waals surface area contributed by atoms with Crippen molar-refractivity contribution in [2.75, 3.05) is 6.61 Å². The molecule has 0 aromatic carbocycles. The molecular weight excluding hydrogens is 132 g/mol. The van der Waals surface area contributed by atoms with E-state index in [2.05, 4.69) is 4.74 Å². The van der Waals surface area contributed by atoms with E-state index in [0.717, 1.165) is 0 Å². The van der Waals surface area contributed by atoms with Gasteiger partial charge in [0.05, 0.1) is 6.61 Å². The molecule has 0 saturated heterocycles. The molecule has 0 unspecified atom stereocenters.